The third-order valence-electron chi connectivity index (χ3n) is 4.37. The van der Waals surface area contributed by atoms with E-state index in [4.69, 9.17) is 5.11 Å². The summed E-state index contributed by atoms with van der Waals surface area (Å²) in [7, 11) is 0. The van der Waals surface area contributed by atoms with Crippen molar-refractivity contribution in [2.75, 3.05) is 0 Å². The number of thiazole rings is 1. The van der Waals surface area contributed by atoms with E-state index < -0.39 is 11.9 Å². The van der Waals surface area contributed by atoms with Crippen LogP contribution < -0.4 is 15.4 Å². The van der Waals surface area contributed by atoms with Gasteiger partial charge in [-0.1, -0.05) is 35.6 Å². The average molecular weight is 405 g/mol. The number of aromatic carboxylic acids is 1. The van der Waals surface area contributed by atoms with Crippen molar-refractivity contribution in [3.8, 4) is 5.88 Å². The Morgan fingerprint density at radius 3 is 2.62 bits per heavy atom. The van der Waals surface area contributed by atoms with Crippen molar-refractivity contribution < 1.29 is 19.8 Å². The van der Waals surface area contributed by atoms with E-state index in [1.165, 1.54) is 12.1 Å². The van der Waals surface area contributed by atoms with Crippen LogP contribution in [0.2, 0.25) is 0 Å². The summed E-state index contributed by atoms with van der Waals surface area (Å²) in [6.07, 6.45) is 1.61. The maximum Gasteiger partial charge on any atom is 0.335 e. The maximum absolute atomic E-state index is 12.5. The van der Waals surface area contributed by atoms with Crippen molar-refractivity contribution in [1.82, 2.24) is 4.57 Å². The summed E-state index contributed by atoms with van der Waals surface area (Å²) >= 11 is 1.16. The predicted molar refractivity (Wildman–Crippen MR) is 108 cm³/mol. The smallest absolute Gasteiger partial charge is 0.335 e. The number of carbonyl (C=O) groups excluding carboxylic acids is 1. The number of aromatic hydroxyl groups is 1. The molecule has 144 valence electrons. The number of para-hydroxylation sites is 1. The van der Waals surface area contributed by atoms with Gasteiger partial charge in [-0.3, -0.25) is 9.36 Å². The number of aromatic nitrogens is 1. The number of hydrogen-bond acceptors (Lipinski definition) is 5. The summed E-state index contributed by atoms with van der Waals surface area (Å²) in [5.74, 6) is -1.52. The molecule has 8 heteroatoms. The molecule has 7 nitrogen and oxygen atoms in total. The average Bonchev–Trinajstić information content (AvgIpc) is 3.19. The van der Waals surface area contributed by atoms with Crippen LogP contribution in [0.5, 0.6) is 5.88 Å². The van der Waals surface area contributed by atoms with E-state index in [1.54, 1.807) is 41.0 Å². The third-order valence-corrected chi connectivity index (χ3v) is 5.46. The first-order valence-electron chi connectivity index (χ1n) is 8.64. The van der Waals surface area contributed by atoms with Gasteiger partial charge in [-0.2, -0.15) is 0 Å². The Morgan fingerprint density at radius 2 is 1.93 bits per heavy atom. The molecule has 1 aromatic heterocycles. The van der Waals surface area contributed by atoms with Crippen LogP contribution in [0.25, 0.3) is 5.57 Å². The first-order chi connectivity index (χ1) is 14.0. The van der Waals surface area contributed by atoms with Gasteiger partial charge in [0, 0.05) is 11.8 Å². The molecule has 0 saturated heterocycles. The molecular weight excluding hydrogens is 390 g/mol. The topological polar surface area (TPSA) is 104 Å². The number of allylic oxidation sites excluding steroid dienone is 1. The van der Waals surface area contributed by atoms with Crippen LogP contribution in [0, 0.1) is 0 Å². The number of nitrogens with zero attached hydrogens (tertiary/aromatic N) is 3. The molecule has 0 fully saturated rings. The van der Waals surface area contributed by atoms with E-state index in [-0.39, 0.29) is 18.0 Å². The van der Waals surface area contributed by atoms with Crippen LogP contribution in [-0.2, 0) is 11.3 Å². The van der Waals surface area contributed by atoms with Crippen LogP contribution in [-0.4, -0.2) is 26.7 Å². The lowest BCUT2D eigenvalue weighted by atomic mass is 10.1. The first kappa shape index (κ1) is 18.6. The van der Waals surface area contributed by atoms with Gasteiger partial charge in [-0.15, -0.1) is 6.58 Å². The zero-order valence-electron chi connectivity index (χ0n) is 15.1. The van der Waals surface area contributed by atoms with Crippen LogP contribution in [0.15, 0.2) is 71.2 Å². The SMILES string of the molecule is C=CCn1c(O)c(C2=c3ccccc3=NC2=O)sc1=Nc1ccc(C(=O)O)cc1. The second-order valence-corrected chi connectivity index (χ2v) is 7.19. The molecule has 1 amide bonds. The molecule has 0 radical (unpaired) electrons. The Bertz CT molecular complexity index is 1350. The molecule has 3 aromatic rings. The molecule has 1 aliphatic rings. The lowest BCUT2D eigenvalue weighted by Crippen LogP contribution is -2.22. The number of hydrogen-bond donors (Lipinski definition) is 2. The normalized spacial score (nSPS) is 13.3. The fourth-order valence-corrected chi connectivity index (χ4v) is 4.12. The van der Waals surface area contributed by atoms with E-state index in [9.17, 15) is 14.7 Å². The molecule has 0 unspecified atom stereocenters. The summed E-state index contributed by atoms with van der Waals surface area (Å²) in [4.78, 5) is 32.9. The van der Waals surface area contributed by atoms with E-state index >= 15 is 0 Å². The van der Waals surface area contributed by atoms with Crippen molar-refractivity contribution in [3.05, 3.63) is 87.0 Å². The molecule has 0 atom stereocenters. The Kier molecular flexibility index (Phi) is 4.69. The van der Waals surface area contributed by atoms with E-state index in [0.717, 1.165) is 11.3 Å². The van der Waals surface area contributed by atoms with Gasteiger partial charge in [0.05, 0.1) is 22.2 Å². The van der Waals surface area contributed by atoms with Crippen molar-refractivity contribution in [2.24, 2.45) is 9.98 Å². The molecule has 0 aliphatic carbocycles. The molecule has 2 heterocycles. The van der Waals surface area contributed by atoms with Crippen molar-refractivity contribution in [2.45, 2.75) is 6.54 Å². The molecule has 4 rings (SSSR count). The summed E-state index contributed by atoms with van der Waals surface area (Å²) < 4.78 is 1.54. The Hall–Kier alpha value is -3.78. The van der Waals surface area contributed by atoms with Crippen molar-refractivity contribution >= 4 is 34.5 Å². The largest absolute Gasteiger partial charge is 0.493 e. The van der Waals surface area contributed by atoms with E-state index in [2.05, 4.69) is 16.6 Å². The highest BCUT2D eigenvalue weighted by Gasteiger charge is 2.25. The number of amides is 1. The number of rotatable bonds is 5. The highest BCUT2D eigenvalue weighted by molar-refractivity contribution is 7.11. The quantitative estimate of drug-likeness (QED) is 0.631. The summed E-state index contributed by atoms with van der Waals surface area (Å²) in [6.45, 7) is 3.99. The van der Waals surface area contributed by atoms with E-state index in [1.807, 2.05) is 6.07 Å². The number of carbonyl (C=O) groups is 2. The lowest BCUT2D eigenvalue weighted by Gasteiger charge is -2.02. The first-order valence-corrected chi connectivity index (χ1v) is 9.45. The van der Waals surface area contributed by atoms with Crippen LogP contribution in [0.3, 0.4) is 0 Å². The summed E-state index contributed by atoms with van der Waals surface area (Å²) in [6, 6.07) is 13.2. The zero-order chi connectivity index (χ0) is 20.5. The lowest BCUT2D eigenvalue weighted by molar-refractivity contribution is -0.112. The minimum absolute atomic E-state index is 0.0916. The zero-order valence-corrected chi connectivity index (χ0v) is 15.9. The Balaban J connectivity index is 1.92. The van der Waals surface area contributed by atoms with Crippen molar-refractivity contribution in [3.63, 3.8) is 0 Å². The molecule has 2 aromatic carbocycles. The Labute approximate surface area is 168 Å². The molecule has 2 N–H and O–H groups in total. The monoisotopic (exact) mass is 405 g/mol. The van der Waals surface area contributed by atoms with Gasteiger partial charge < -0.3 is 10.2 Å². The molecule has 0 bridgehead atoms. The predicted octanol–water partition coefficient (Wildman–Crippen LogP) is 1.73. The maximum atomic E-state index is 12.5. The Morgan fingerprint density at radius 1 is 1.21 bits per heavy atom. The van der Waals surface area contributed by atoms with Gasteiger partial charge in [-0.05, 0) is 30.3 Å². The second kappa shape index (κ2) is 7.33. The second-order valence-electron chi connectivity index (χ2n) is 6.21. The van der Waals surface area contributed by atoms with Crippen LogP contribution >= 0.6 is 11.3 Å². The molecule has 1 aliphatic heterocycles. The van der Waals surface area contributed by atoms with Crippen molar-refractivity contribution in [1.29, 1.82) is 0 Å². The molecular formula is C21H15N3O4S. The fourth-order valence-electron chi connectivity index (χ4n) is 3.02. The molecule has 0 spiro atoms. The van der Waals surface area contributed by atoms with Gasteiger partial charge in [0.15, 0.2) is 4.80 Å². The molecule has 29 heavy (non-hydrogen) atoms. The number of carboxylic acid groups (broad SMARTS) is 1. The fraction of sp³-hybridized carbons (Fsp3) is 0.0476. The highest BCUT2D eigenvalue weighted by atomic mass is 32.1. The molecule has 0 saturated carbocycles. The number of carboxylic acids is 1. The standard InChI is InChI=1S/C21H15N3O4S/c1-2-11-24-19(26)17(16-14-5-3-4-6-15(14)23-18(16)25)29-21(24)22-13-9-7-12(8-10-13)20(27)28/h2-10,26H,1,11H2,(H,27,28). The summed E-state index contributed by atoms with van der Waals surface area (Å²) in [5, 5.41) is 21.1. The van der Waals surface area contributed by atoms with Gasteiger partial charge in [0.1, 0.15) is 4.88 Å². The minimum Gasteiger partial charge on any atom is -0.493 e. The van der Waals surface area contributed by atoms with Gasteiger partial charge in [0.2, 0.25) is 5.88 Å². The number of benzene rings is 2. The highest BCUT2D eigenvalue weighted by Crippen LogP contribution is 2.28. The number of fused-ring (bicyclic) bond motifs is 1. The van der Waals surface area contributed by atoms with Gasteiger partial charge in [0.25, 0.3) is 5.91 Å². The van der Waals surface area contributed by atoms with Gasteiger partial charge >= 0.3 is 5.97 Å². The van der Waals surface area contributed by atoms with E-state index in [0.29, 0.717) is 31.5 Å². The van der Waals surface area contributed by atoms with Crippen LogP contribution in [0.1, 0.15) is 15.2 Å². The minimum atomic E-state index is -1.02. The van der Waals surface area contributed by atoms with Gasteiger partial charge in [-0.25, -0.2) is 14.8 Å². The van der Waals surface area contributed by atoms with Crippen LogP contribution in [0.4, 0.5) is 5.69 Å². The summed E-state index contributed by atoms with van der Waals surface area (Å²) in [5.41, 5.74) is 1.01. The third kappa shape index (κ3) is 3.30.